The summed E-state index contributed by atoms with van der Waals surface area (Å²) in [6.45, 7) is 2.20. The first kappa shape index (κ1) is 26.5. The van der Waals surface area contributed by atoms with E-state index in [0.717, 1.165) is 23.5 Å². The molecule has 0 heterocycles. The van der Waals surface area contributed by atoms with Crippen LogP contribution in [0, 0.1) is 0 Å². The van der Waals surface area contributed by atoms with Gasteiger partial charge in [0.25, 0.3) is 0 Å². The molecule has 0 aliphatic heterocycles. The van der Waals surface area contributed by atoms with E-state index < -0.39 is 0 Å². The highest BCUT2D eigenvalue weighted by Gasteiger charge is 2.17. The Kier molecular flexibility index (Phi) is 7.29. The van der Waals surface area contributed by atoms with Crippen molar-refractivity contribution in [2.75, 3.05) is 4.90 Å². The summed E-state index contributed by atoms with van der Waals surface area (Å²) in [6.07, 6.45) is 1.02. The lowest BCUT2D eigenvalue weighted by Gasteiger charge is -2.27. The number of hydrogen-bond acceptors (Lipinski definition) is 1. The van der Waals surface area contributed by atoms with Gasteiger partial charge in [-0.1, -0.05) is 134 Å². The highest BCUT2D eigenvalue weighted by Crippen LogP contribution is 2.41. The van der Waals surface area contributed by atoms with Crippen molar-refractivity contribution in [1.82, 2.24) is 0 Å². The fraction of sp³-hybridized carbons (Fsp3) is 0.0476. The summed E-state index contributed by atoms with van der Waals surface area (Å²) in [5.74, 6) is 0. The predicted octanol–water partition coefficient (Wildman–Crippen LogP) is 11.9. The number of rotatable bonds is 7. The largest absolute Gasteiger partial charge is 0.310 e. The smallest absolute Gasteiger partial charge is 0.0468 e. The Balaban J connectivity index is 1.38. The van der Waals surface area contributed by atoms with Crippen LogP contribution >= 0.6 is 0 Å². The molecule has 0 aliphatic rings. The second kappa shape index (κ2) is 11.8. The van der Waals surface area contributed by atoms with Crippen LogP contribution in [0.1, 0.15) is 12.5 Å². The molecular formula is C42H33N. The van der Waals surface area contributed by atoms with Crippen LogP contribution < -0.4 is 4.90 Å². The Labute approximate surface area is 254 Å². The Morgan fingerprint density at radius 1 is 0.372 bits per heavy atom. The maximum atomic E-state index is 2.37. The van der Waals surface area contributed by atoms with Gasteiger partial charge in [0.1, 0.15) is 0 Å². The van der Waals surface area contributed by atoms with Gasteiger partial charge in [0.15, 0.2) is 0 Å². The summed E-state index contributed by atoms with van der Waals surface area (Å²) >= 11 is 0. The molecule has 0 N–H and O–H groups in total. The molecule has 0 fully saturated rings. The molecule has 43 heavy (non-hydrogen) atoms. The van der Waals surface area contributed by atoms with Crippen LogP contribution in [0.5, 0.6) is 0 Å². The molecule has 7 aromatic carbocycles. The summed E-state index contributed by atoms with van der Waals surface area (Å²) in [6, 6.07) is 61.4. The van der Waals surface area contributed by atoms with Gasteiger partial charge >= 0.3 is 0 Å². The van der Waals surface area contributed by atoms with Gasteiger partial charge < -0.3 is 4.90 Å². The zero-order valence-electron chi connectivity index (χ0n) is 24.3. The van der Waals surface area contributed by atoms with Gasteiger partial charge in [-0.15, -0.1) is 0 Å². The number of benzene rings is 7. The minimum absolute atomic E-state index is 1.02. The molecule has 0 bridgehead atoms. The van der Waals surface area contributed by atoms with Crippen molar-refractivity contribution >= 4 is 27.8 Å². The number of aryl methyl sites for hydroxylation is 1. The standard InChI is InChI=1S/C42H33N/c1-2-31-17-23-38(24-18-31)43(39-25-21-34(22-26-39)32-11-5-3-6-12-32)40-27-28-41(42(30-40)35-14-7-4-8-15-35)37-20-19-33-13-9-10-16-36(33)29-37/h3-30H,2H2,1H3. The van der Waals surface area contributed by atoms with E-state index in [4.69, 9.17) is 0 Å². The fourth-order valence-electron chi connectivity index (χ4n) is 5.90. The second-order valence-electron chi connectivity index (χ2n) is 10.9. The van der Waals surface area contributed by atoms with Crippen molar-refractivity contribution in [3.05, 3.63) is 175 Å². The molecule has 1 nitrogen and oxygen atoms in total. The van der Waals surface area contributed by atoms with Crippen molar-refractivity contribution in [2.45, 2.75) is 13.3 Å². The van der Waals surface area contributed by atoms with Crippen LogP contribution in [0.15, 0.2) is 170 Å². The first-order valence-corrected chi connectivity index (χ1v) is 15.0. The topological polar surface area (TPSA) is 3.24 Å². The third kappa shape index (κ3) is 5.46. The van der Waals surface area contributed by atoms with Gasteiger partial charge in [-0.2, -0.15) is 0 Å². The summed E-state index contributed by atoms with van der Waals surface area (Å²) in [5.41, 5.74) is 12.0. The third-order valence-electron chi connectivity index (χ3n) is 8.24. The molecule has 0 saturated heterocycles. The maximum Gasteiger partial charge on any atom is 0.0468 e. The predicted molar refractivity (Wildman–Crippen MR) is 184 cm³/mol. The average Bonchev–Trinajstić information content (AvgIpc) is 3.09. The summed E-state index contributed by atoms with van der Waals surface area (Å²) in [4.78, 5) is 2.37. The monoisotopic (exact) mass is 551 g/mol. The summed E-state index contributed by atoms with van der Waals surface area (Å²) < 4.78 is 0. The number of hydrogen-bond donors (Lipinski definition) is 0. The zero-order valence-corrected chi connectivity index (χ0v) is 24.3. The van der Waals surface area contributed by atoms with Crippen LogP contribution in [0.3, 0.4) is 0 Å². The first-order valence-electron chi connectivity index (χ1n) is 15.0. The lowest BCUT2D eigenvalue weighted by Crippen LogP contribution is -2.10. The van der Waals surface area contributed by atoms with Gasteiger partial charge in [-0.25, -0.2) is 0 Å². The lowest BCUT2D eigenvalue weighted by atomic mass is 9.92. The minimum atomic E-state index is 1.02. The van der Waals surface area contributed by atoms with E-state index in [-0.39, 0.29) is 0 Å². The van der Waals surface area contributed by atoms with Crippen molar-refractivity contribution in [1.29, 1.82) is 0 Å². The normalized spacial score (nSPS) is 11.0. The molecule has 0 radical (unpaired) electrons. The highest BCUT2D eigenvalue weighted by atomic mass is 15.1. The molecule has 0 unspecified atom stereocenters. The van der Waals surface area contributed by atoms with Crippen molar-refractivity contribution < 1.29 is 0 Å². The summed E-state index contributed by atoms with van der Waals surface area (Å²) in [5, 5.41) is 2.50. The van der Waals surface area contributed by atoms with E-state index in [2.05, 4.69) is 182 Å². The van der Waals surface area contributed by atoms with Gasteiger partial charge in [-0.3, -0.25) is 0 Å². The van der Waals surface area contributed by atoms with E-state index in [1.165, 1.54) is 49.7 Å². The van der Waals surface area contributed by atoms with Crippen LogP contribution in [0.25, 0.3) is 44.2 Å². The first-order chi connectivity index (χ1) is 21.3. The van der Waals surface area contributed by atoms with Crippen LogP contribution in [-0.4, -0.2) is 0 Å². The van der Waals surface area contributed by atoms with Crippen LogP contribution in [-0.2, 0) is 6.42 Å². The van der Waals surface area contributed by atoms with Crippen molar-refractivity contribution in [2.24, 2.45) is 0 Å². The Hall–Kier alpha value is -5.40. The third-order valence-corrected chi connectivity index (χ3v) is 8.24. The molecule has 7 rings (SSSR count). The Bertz CT molecular complexity index is 1970. The van der Waals surface area contributed by atoms with E-state index in [1.54, 1.807) is 0 Å². The minimum Gasteiger partial charge on any atom is -0.310 e. The number of anilines is 3. The molecule has 0 spiro atoms. The highest BCUT2D eigenvalue weighted by molar-refractivity contribution is 5.93. The second-order valence-corrected chi connectivity index (χ2v) is 10.9. The molecule has 7 aromatic rings. The lowest BCUT2D eigenvalue weighted by molar-refractivity contribution is 1.14. The van der Waals surface area contributed by atoms with Crippen molar-refractivity contribution in [3.63, 3.8) is 0 Å². The zero-order chi connectivity index (χ0) is 29.0. The van der Waals surface area contributed by atoms with Gasteiger partial charge in [0.2, 0.25) is 0 Å². The van der Waals surface area contributed by atoms with E-state index in [0.29, 0.717) is 0 Å². The van der Waals surface area contributed by atoms with Gasteiger partial charge in [-0.05, 0) is 98.6 Å². The molecule has 1 heteroatoms. The summed E-state index contributed by atoms with van der Waals surface area (Å²) in [7, 11) is 0. The van der Waals surface area contributed by atoms with E-state index >= 15 is 0 Å². The fourth-order valence-corrected chi connectivity index (χ4v) is 5.90. The van der Waals surface area contributed by atoms with Crippen LogP contribution in [0.2, 0.25) is 0 Å². The SMILES string of the molecule is CCc1ccc(N(c2ccc(-c3ccccc3)cc2)c2ccc(-c3ccc4ccccc4c3)c(-c3ccccc3)c2)cc1. The molecule has 0 aromatic heterocycles. The molecule has 0 amide bonds. The quantitative estimate of drug-likeness (QED) is 0.190. The van der Waals surface area contributed by atoms with E-state index in [1.807, 2.05) is 0 Å². The molecule has 0 saturated carbocycles. The van der Waals surface area contributed by atoms with Crippen molar-refractivity contribution in [3.8, 4) is 33.4 Å². The van der Waals surface area contributed by atoms with Gasteiger partial charge in [0, 0.05) is 17.1 Å². The number of fused-ring (bicyclic) bond motifs is 1. The Morgan fingerprint density at radius 3 is 1.58 bits per heavy atom. The molecule has 0 atom stereocenters. The maximum absolute atomic E-state index is 2.37. The van der Waals surface area contributed by atoms with Crippen LogP contribution in [0.4, 0.5) is 17.1 Å². The molecule has 206 valence electrons. The van der Waals surface area contributed by atoms with E-state index in [9.17, 15) is 0 Å². The number of nitrogens with zero attached hydrogens (tertiary/aromatic N) is 1. The molecular weight excluding hydrogens is 518 g/mol. The molecule has 0 aliphatic carbocycles. The average molecular weight is 552 g/mol. The van der Waals surface area contributed by atoms with Gasteiger partial charge in [0.05, 0.1) is 0 Å². The Morgan fingerprint density at radius 2 is 0.907 bits per heavy atom.